The van der Waals surface area contributed by atoms with Gasteiger partial charge in [-0.25, -0.2) is 4.98 Å². The molecular formula is C85H112N4O15. The van der Waals surface area contributed by atoms with E-state index >= 15 is 0 Å². The van der Waals surface area contributed by atoms with E-state index in [4.69, 9.17) is 35.9 Å². The number of hydrogen-bond acceptors (Lipinski definition) is 18. The number of nitrogen functional groups attached to an aromatic ring is 2. The van der Waals surface area contributed by atoms with Crippen molar-refractivity contribution in [3.8, 4) is 17.2 Å². The van der Waals surface area contributed by atoms with E-state index in [1.165, 1.54) is 23.6 Å². The molecule has 7 aromatic rings. The maximum absolute atomic E-state index is 11.4. The molecule has 1 amide bonds. The first-order chi connectivity index (χ1) is 49.5. The van der Waals surface area contributed by atoms with Crippen molar-refractivity contribution in [3.05, 3.63) is 214 Å². The smallest absolute Gasteiger partial charge is 0.306 e. The molecule has 1 aliphatic rings. The number of rotatable bonds is 30. The van der Waals surface area contributed by atoms with Crippen LogP contribution in [0.5, 0.6) is 17.2 Å². The first-order valence-electron chi connectivity index (χ1n) is 35.3. The molecule has 562 valence electrons. The van der Waals surface area contributed by atoms with Crippen molar-refractivity contribution < 1.29 is 72.4 Å². The summed E-state index contributed by atoms with van der Waals surface area (Å²) in [7, 11) is 1.64. The van der Waals surface area contributed by atoms with E-state index in [0.29, 0.717) is 116 Å². The second-order valence-electron chi connectivity index (χ2n) is 25.3. The fraction of sp³-hybridized carbons (Fsp3) is 0.400. The fourth-order valence-electron chi connectivity index (χ4n) is 9.10. The summed E-state index contributed by atoms with van der Waals surface area (Å²) in [6.45, 7) is 17.6. The lowest BCUT2D eigenvalue weighted by Gasteiger charge is -2.26. The van der Waals surface area contributed by atoms with Gasteiger partial charge in [-0.1, -0.05) is 115 Å². The van der Waals surface area contributed by atoms with Crippen LogP contribution in [0.3, 0.4) is 0 Å². The molecule has 104 heavy (non-hydrogen) atoms. The maximum atomic E-state index is 11.4. The third-order valence-electron chi connectivity index (χ3n) is 15.2. The van der Waals surface area contributed by atoms with Gasteiger partial charge in [-0.05, 0) is 214 Å². The lowest BCUT2D eigenvalue weighted by atomic mass is 10.1. The summed E-state index contributed by atoms with van der Waals surface area (Å²) in [6, 6.07) is 51.1. The number of pyridine rings is 1. The molecule has 1 saturated heterocycles. The molecule has 0 bridgehead atoms. The van der Waals surface area contributed by atoms with E-state index in [1.807, 2.05) is 103 Å². The SMILES string of the molecule is CC(=O)CCC(=O)N1CCOCC1.CC(=O)CCCCC(=O)OCc1ccccc1.CC(=O)CCCc1ccc(C)cc1.CC(=O)CCc1ccc(N)nc1.CC(=O)CCc1ccc(O)cc1.CC(=O)CCc1cccc(N)c1.CC(=O)CCc1cccc(O)c1.COc1ccc(CCC(C)=O)cc1. The van der Waals surface area contributed by atoms with Crippen molar-refractivity contribution in [1.82, 2.24) is 9.88 Å². The molecule has 0 atom stereocenters. The monoisotopic (exact) mass is 1430 g/mol. The molecule has 1 fully saturated rings. The Morgan fingerprint density at radius 3 is 1.31 bits per heavy atom. The number of methoxy groups -OCH3 is 1. The van der Waals surface area contributed by atoms with Crippen molar-refractivity contribution >= 4 is 69.6 Å². The summed E-state index contributed by atoms with van der Waals surface area (Å²) in [6.07, 6.45) is 14.3. The van der Waals surface area contributed by atoms with Gasteiger partial charge in [0.1, 0.15) is 75.9 Å². The molecule has 1 aromatic heterocycles. The van der Waals surface area contributed by atoms with Crippen LogP contribution in [0.2, 0.25) is 0 Å². The average molecular weight is 1430 g/mol. The summed E-state index contributed by atoms with van der Waals surface area (Å²) in [5.41, 5.74) is 20.8. The largest absolute Gasteiger partial charge is 0.508 e. The Balaban J connectivity index is 0.000000596. The zero-order valence-electron chi connectivity index (χ0n) is 62.9. The van der Waals surface area contributed by atoms with Gasteiger partial charge in [0.2, 0.25) is 5.91 Å². The van der Waals surface area contributed by atoms with Crippen molar-refractivity contribution in [2.45, 2.75) is 191 Å². The van der Waals surface area contributed by atoms with Crippen LogP contribution >= 0.6 is 0 Å². The van der Waals surface area contributed by atoms with Crippen LogP contribution < -0.4 is 16.2 Å². The number of morpholine rings is 1. The molecule has 0 saturated carbocycles. The molecule has 0 unspecified atom stereocenters. The van der Waals surface area contributed by atoms with Crippen molar-refractivity contribution in [2.75, 3.05) is 44.9 Å². The molecule has 19 nitrogen and oxygen atoms in total. The van der Waals surface area contributed by atoms with Gasteiger partial charge in [-0.2, -0.15) is 0 Å². The number of Topliss-reactive ketones (excluding diaryl/α,β-unsaturated/α-hetero) is 8. The lowest BCUT2D eigenvalue weighted by Crippen LogP contribution is -2.40. The van der Waals surface area contributed by atoms with Crippen LogP contribution in [0.1, 0.15) is 183 Å². The van der Waals surface area contributed by atoms with Gasteiger partial charge in [-0.3, -0.25) is 9.59 Å². The third-order valence-corrected chi connectivity index (χ3v) is 15.2. The van der Waals surface area contributed by atoms with Crippen molar-refractivity contribution in [3.63, 3.8) is 0 Å². The number of nitrogens with two attached hydrogens (primary N) is 2. The summed E-state index contributed by atoms with van der Waals surface area (Å²) in [5.74, 6) is 3.32. The highest BCUT2D eigenvalue weighted by atomic mass is 16.5. The third kappa shape index (κ3) is 52.7. The number of aryl methyl sites for hydroxylation is 7. The number of ketones is 8. The van der Waals surface area contributed by atoms with E-state index in [9.17, 15) is 47.9 Å². The summed E-state index contributed by atoms with van der Waals surface area (Å²) >= 11 is 0. The summed E-state index contributed by atoms with van der Waals surface area (Å²) in [5, 5.41) is 18.1. The molecule has 6 aromatic carbocycles. The molecule has 0 aliphatic carbocycles. The number of benzene rings is 6. The van der Waals surface area contributed by atoms with E-state index < -0.39 is 0 Å². The second kappa shape index (κ2) is 56.3. The average Bonchev–Trinajstić information content (AvgIpc) is 0.989. The van der Waals surface area contributed by atoms with Gasteiger partial charge in [0, 0.05) is 89.2 Å². The molecule has 2 heterocycles. The van der Waals surface area contributed by atoms with Crippen LogP contribution in [0.25, 0.3) is 0 Å². The maximum Gasteiger partial charge on any atom is 0.306 e. The van der Waals surface area contributed by atoms with Gasteiger partial charge < -0.3 is 79.1 Å². The molecule has 8 rings (SSSR count). The molecule has 19 heteroatoms. The number of carbonyl (C=O) groups is 10. The van der Waals surface area contributed by atoms with E-state index in [0.717, 1.165) is 84.2 Å². The number of anilines is 2. The van der Waals surface area contributed by atoms with Gasteiger partial charge in [0.05, 0.1) is 20.3 Å². The summed E-state index contributed by atoms with van der Waals surface area (Å²) < 4.78 is 15.3. The van der Waals surface area contributed by atoms with Crippen molar-refractivity contribution in [2.24, 2.45) is 0 Å². The molecule has 0 spiro atoms. The number of carbonyl (C=O) groups excluding carboxylic acids is 10. The Labute approximate surface area is 616 Å². The molecule has 1 aliphatic heterocycles. The lowest BCUT2D eigenvalue weighted by molar-refractivity contribution is -0.145. The number of phenolic OH excluding ortho intramolecular Hbond substituents is 2. The van der Waals surface area contributed by atoms with Crippen LogP contribution in [-0.2, 0) is 103 Å². The molecular weight excluding hydrogens is 1320 g/mol. The van der Waals surface area contributed by atoms with Crippen LogP contribution in [-0.4, -0.2) is 112 Å². The number of aromatic nitrogens is 1. The highest BCUT2D eigenvalue weighted by Gasteiger charge is 2.17. The minimum absolute atomic E-state index is 0.0681. The van der Waals surface area contributed by atoms with Crippen molar-refractivity contribution in [1.29, 1.82) is 0 Å². The Bertz CT molecular complexity index is 3510. The Morgan fingerprint density at radius 1 is 0.413 bits per heavy atom. The topological polar surface area (TPSA) is 307 Å². The Hall–Kier alpha value is -10.3. The Kier molecular flexibility index (Phi) is 49.7. The quantitative estimate of drug-likeness (QED) is 0.0185. The number of nitrogens with zero attached hydrogens (tertiary/aromatic N) is 2. The zero-order chi connectivity index (χ0) is 77.5. The van der Waals surface area contributed by atoms with Crippen LogP contribution in [0.4, 0.5) is 11.5 Å². The van der Waals surface area contributed by atoms with Gasteiger partial charge in [-0.15, -0.1) is 0 Å². The predicted octanol–water partition coefficient (Wildman–Crippen LogP) is 15.0. The highest BCUT2D eigenvalue weighted by molar-refractivity contribution is 5.84. The number of hydrogen-bond donors (Lipinski definition) is 4. The van der Waals surface area contributed by atoms with Crippen LogP contribution in [0.15, 0.2) is 170 Å². The number of amides is 1. The van der Waals surface area contributed by atoms with E-state index in [2.05, 4.69) is 36.2 Å². The van der Waals surface area contributed by atoms with E-state index in [1.54, 1.807) is 103 Å². The van der Waals surface area contributed by atoms with Gasteiger partial charge in [0.15, 0.2) is 0 Å². The molecule has 6 N–H and O–H groups in total. The van der Waals surface area contributed by atoms with Gasteiger partial charge in [0.25, 0.3) is 0 Å². The number of esters is 1. The Morgan fingerprint density at radius 2 is 0.837 bits per heavy atom. The molecule has 0 radical (unpaired) electrons. The first kappa shape index (κ1) is 91.7. The first-order valence-corrected chi connectivity index (χ1v) is 35.3. The predicted molar refractivity (Wildman–Crippen MR) is 411 cm³/mol. The normalized spacial score (nSPS) is 10.7. The number of phenols is 2. The summed E-state index contributed by atoms with van der Waals surface area (Å²) in [4.78, 5) is 114. The fourth-order valence-corrected chi connectivity index (χ4v) is 9.10. The number of unbranched alkanes of at least 4 members (excludes halogenated alkanes) is 1. The standard InChI is InChI=1S/C14H18O3.C12H16O.C11H14O2.C10H13NO.2C10H12O2.C9H12N2O.C9H15NO3/c1-12(15)7-5-6-10-14(16)17-11-13-8-3-2-4-9-13;1-10-6-8-12(9-7-10)5-3-4-11(2)13;1-9(12)3-4-10-5-7-11(13-2)8-6-10;1-8(12)5-6-9-3-2-4-10(11)7-9;1-8(11)2-3-9-4-6-10(12)7-5-9;1-8(11)5-6-9-3-2-4-10(12)7-9;1-7(12)2-3-8-4-5-9(10)11-6-8;1-8(11)2-3-9(12)10-4-6-13-7-5-10/h2-4,8-9H,5-7,10-11H2,1H3;6-9H,3-5H2,1-2H3;5-8H,3-4H2,1-2H3;2-4,7H,5-6,11H2,1H3;4-7,12H,2-3H2,1H3;2-4,7,12H,5-6H2,1H3;4-6H,2-3H2,1H3,(H2,10,11);2-7H2,1H3. The number of aromatic hydroxyl groups is 2. The second-order valence-corrected chi connectivity index (χ2v) is 25.3. The van der Waals surface area contributed by atoms with Gasteiger partial charge >= 0.3 is 5.97 Å². The zero-order valence-corrected chi connectivity index (χ0v) is 62.9. The highest BCUT2D eigenvalue weighted by Crippen LogP contribution is 2.16. The van der Waals surface area contributed by atoms with E-state index in [-0.39, 0.29) is 69.6 Å². The number of ether oxygens (including phenoxy) is 3. The van der Waals surface area contributed by atoms with Crippen LogP contribution in [0, 0.1) is 6.92 Å². The minimum Gasteiger partial charge on any atom is -0.508 e. The minimum atomic E-state index is -0.197.